The van der Waals surface area contributed by atoms with Gasteiger partial charge >= 0.3 is 0 Å². The molecule has 1 aliphatic carbocycles. The van der Waals surface area contributed by atoms with E-state index in [4.69, 9.17) is 0 Å². The highest BCUT2D eigenvalue weighted by atomic mass is 16.2. The molecule has 28 heavy (non-hydrogen) atoms. The Balaban J connectivity index is 1.24. The number of rotatable bonds is 5. The maximum Gasteiger partial charge on any atom is 0.226 e. The molecular formula is C22H26N4O2. The summed E-state index contributed by atoms with van der Waals surface area (Å²) in [5.41, 5.74) is 3.47. The van der Waals surface area contributed by atoms with Gasteiger partial charge in [0, 0.05) is 50.8 Å². The van der Waals surface area contributed by atoms with Crippen LogP contribution in [0.3, 0.4) is 0 Å². The van der Waals surface area contributed by atoms with Crippen LogP contribution in [0, 0.1) is 18.8 Å². The summed E-state index contributed by atoms with van der Waals surface area (Å²) in [4.78, 5) is 33.3. The molecule has 2 amide bonds. The van der Waals surface area contributed by atoms with Crippen molar-refractivity contribution in [2.45, 2.75) is 19.9 Å². The molecule has 0 spiro atoms. The third-order valence-corrected chi connectivity index (χ3v) is 5.62. The van der Waals surface area contributed by atoms with Gasteiger partial charge in [0.15, 0.2) is 0 Å². The molecule has 6 nitrogen and oxygen atoms in total. The lowest BCUT2D eigenvalue weighted by atomic mass is 10.2. The van der Waals surface area contributed by atoms with Gasteiger partial charge in [-0.2, -0.15) is 0 Å². The van der Waals surface area contributed by atoms with Crippen molar-refractivity contribution in [3.8, 4) is 0 Å². The van der Waals surface area contributed by atoms with E-state index in [9.17, 15) is 9.59 Å². The number of nitrogens with zero attached hydrogens (tertiary/aromatic N) is 3. The number of benzene rings is 1. The molecule has 0 radical (unpaired) electrons. The van der Waals surface area contributed by atoms with Crippen LogP contribution < -0.4 is 10.2 Å². The minimum Gasteiger partial charge on any atom is -0.368 e. The Morgan fingerprint density at radius 3 is 2.54 bits per heavy atom. The zero-order valence-corrected chi connectivity index (χ0v) is 16.2. The number of anilines is 1. The average molecular weight is 378 g/mol. The Kier molecular flexibility index (Phi) is 5.28. The first-order valence-corrected chi connectivity index (χ1v) is 9.89. The van der Waals surface area contributed by atoms with Crippen molar-refractivity contribution in [2.75, 3.05) is 31.1 Å². The third-order valence-electron chi connectivity index (χ3n) is 5.62. The molecule has 2 aromatic rings. The molecule has 2 fully saturated rings. The number of aryl methyl sites for hydroxylation is 1. The molecule has 1 aliphatic heterocycles. The lowest BCUT2D eigenvalue weighted by Gasteiger charge is -2.36. The van der Waals surface area contributed by atoms with E-state index in [0.717, 1.165) is 18.7 Å². The number of piperazine rings is 1. The lowest BCUT2D eigenvalue weighted by molar-refractivity contribution is -0.135. The number of nitrogens with one attached hydrogen (secondary N) is 1. The zero-order valence-electron chi connectivity index (χ0n) is 16.2. The number of carbonyl (C=O) groups is 2. The molecule has 146 valence electrons. The van der Waals surface area contributed by atoms with Gasteiger partial charge < -0.3 is 15.1 Å². The fourth-order valence-corrected chi connectivity index (χ4v) is 3.82. The quantitative estimate of drug-likeness (QED) is 0.864. The summed E-state index contributed by atoms with van der Waals surface area (Å²) in [6, 6.07) is 12.2. The Morgan fingerprint density at radius 2 is 1.82 bits per heavy atom. The summed E-state index contributed by atoms with van der Waals surface area (Å²) in [6.45, 7) is 5.68. The largest absolute Gasteiger partial charge is 0.368 e. The van der Waals surface area contributed by atoms with Gasteiger partial charge in [0.1, 0.15) is 0 Å². The zero-order chi connectivity index (χ0) is 19.5. The first-order chi connectivity index (χ1) is 13.6. The van der Waals surface area contributed by atoms with Crippen molar-refractivity contribution in [3.63, 3.8) is 0 Å². The maximum absolute atomic E-state index is 12.8. The average Bonchev–Trinajstić information content (AvgIpc) is 3.53. The van der Waals surface area contributed by atoms with Crippen LogP contribution in [0.4, 0.5) is 5.69 Å². The highest BCUT2D eigenvalue weighted by molar-refractivity contribution is 5.92. The van der Waals surface area contributed by atoms with Crippen molar-refractivity contribution in [3.05, 3.63) is 59.9 Å². The van der Waals surface area contributed by atoms with Gasteiger partial charge in [-0.05, 0) is 48.7 Å². The fraction of sp³-hybridized carbons (Fsp3) is 0.409. The number of aromatic nitrogens is 1. The van der Waals surface area contributed by atoms with Crippen LogP contribution in [0.1, 0.15) is 17.5 Å². The van der Waals surface area contributed by atoms with E-state index in [1.54, 1.807) is 12.4 Å². The van der Waals surface area contributed by atoms with E-state index in [-0.39, 0.29) is 23.7 Å². The predicted octanol–water partition coefficient (Wildman–Crippen LogP) is 1.99. The van der Waals surface area contributed by atoms with Crippen molar-refractivity contribution in [1.82, 2.24) is 15.2 Å². The second-order valence-electron chi connectivity index (χ2n) is 7.67. The van der Waals surface area contributed by atoms with Crippen LogP contribution in [-0.2, 0) is 16.1 Å². The molecule has 1 aromatic carbocycles. The highest BCUT2D eigenvalue weighted by Crippen LogP contribution is 2.40. The Morgan fingerprint density at radius 1 is 1.07 bits per heavy atom. The van der Waals surface area contributed by atoms with Gasteiger partial charge in [0.25, 0.3) is 0 Å². The van der Waals surface area contributed by atoms with Gasteiger partial charge in [-0.15, -0.1) is 0 Å². The number of amides is 2. The fourth-order valence-electron chi connectivity index (χ4n) is 3.82. The van der Waals surface area contributed by atoms with Crippen molar-refractivity contribution >= 4 is 17.5 Å². The van der Waals surface area contributed by atoms with Crippen LogP contribution in [-0.4, -0.2) is 47.9 Å². The van der Waals surface area contributed by atoms with Gasteiger partial charge in [-0.1, -0.05) is 12.1 Å². The minimum absolute atomic E-state index is 0.0199. The Bertz CT molecular complexity index is 847. The predicted molar refractivity (Wildman–Crippen MR) is 108 cm³/mol. The van der Waals surface area contributed by atoms with Crippen molar-refractivity contribution in [1.29, 1.82) is 0 Å². The standard InChI is InChI=1S/C22H26N4O2/c1-16-3-2-4-18(13-16)25-9-11-26(12-10-25)22(28)20-14-19(20)21(27)24-15-17-5-7-23-8-6-17/h2-8,13,19-20H,9-12,14-15H2,1H3,(H,24,27). The number of hydrogen-bond donors (Lipinski definition) is 1. The Labute approximate surface area is 165 Å². The van der Waals surface area contributed by atoms with Gasteiger partial charge in [0.2, 0.25) is 11.8 Å². The molecule has 1 saturated carbocycles. The molecule has 1 N–H and O–H groups in total. The molecule has 2 heterocycles. The van der Waals surface area contributed by atoms with Crippen LogP contribution in [0.25, 0.3) is 0 Å². The van der Waals surface area contributed by atoms with E-state index >= 15 is 0 Å². The topological polar surface area (TPSA) is 65.5 Å². The lowest BCUT2D eigenvalue weighted by Crippen LogP contribution is -2.49. The second-order valence-corrected chi connectivity index (χ2v) is 7.67. The van der Waals surface area contributed by atoms with Crippen LogP contribution in [0.15, 0.2) is 48.8 Å². The summed E-state index contributed by atoms with van der Waals surface area (Å²) in [6.07, 6.45) is 4.09. The summed E-state index contributed by atoms with van der Waals surface area (Å²) in [5, 5.41) is 2.94. The minimum atomic E-state index is -0.177. The van der Waals surface area contributed by atoms with Crippen molar-refractivity contribution in [2.24, 2.45) is 11.8 Å². The number of pyridine rings is 1. The van der Waals surface area contributed by atoms with Crippen LogP contribution in [0.2, 0.25) is 0 Å². The third kappa shape index (κ3) is 4.16. The maximum atomic E-state index is 12.8. The van der Waals surface area contributed by atoms with Crippen molar-refractivity contribution < 1.29 is 9.59 Å². The van der Waals surface area contributed by atoms with Gasteiger partial charge in [-0.25, -0.2) is 0 Å². The molecule has 4 rings (SSSR count). The first-order valence-electron chi connectivity index (χ1n) is 9.89. The van der Waals surface area contributed by atoms with E-state index in [2.05, 4.69) is 46.4 Å². The van der Waals surface area contributed by atoms with E-state index < -0.39 is 0 Å². The SMILES string of the molecule is Cc1cccc(N2CCN(C(=O)C3CC3C(=O)NCc3ccncc3)CC2)c1. The number of hydrogen-bond acceptors (Lipinski definition) is 4. The smallest absolute Gasteiger partial charge is 0.226 e. The van der Waals surface area contributed by atoms with E-state index in [0.29, 0.717) is 26.1 Å². The first kappa shape index (κ1) is 18.5. The summed E-state index contributed by atoms with van der Waals surface area (Å²) >= 11 is 0. The van der Waals surface area contributed by atoms with E-state index in [1.807, 2.05) is 17.0 Å². The summed E-state index contributed by atoms with van der Waals surface area (Å²) in [7, 11) is 0. The Hall–Kier alpha value is -2.89. The second kappa shape index (κ2) is 8.00. The molecule has 0 bridgehead atoms. The van der Waals surface area contributed by atoms with Crippen LogP contribution in [0.5, 0.6) is 0 Å². The summed E-state index contributed by atoms with van der Waals surface area (Å²) in [5.74, 6) is -0.214. The highest BCUT2D eigenvalue weighted by Gasteiger charge is 2.49. The molecule has 2 atom stereocenters. The van der Waals surface area contributed by atoms with Gasteiger partial charge in [0.05, 0.1) is 11.8 Å². The molecule has 1 aromatic heterocycles. The normalized spacial score (nSPS) is 21.3. The molecular weight excluding hydrogens is 352 g/mol. The summed E-state index contributed by atoms with van der Waals surface area (Å²) < 4.78 is 0. The molecule has 2 unspecified atom stereocenters. The monoisotopic (exact) mass is 378 g/mol. The van der Waals surface area contributed by atoms with Crippen LogP contribution >= 0.6 is 0 Å². The molecule has 1 saturated heterocycles. The number of carbonyl (C=O) groups excluding carboxylic acids is 2. The molecule has 2 aliphatic rings. The van der Waals surface area contributed by atoms with Gasteiger partial charge in [-0.3, -0.25) is 14.6 Å². The molecule has 6 heteroatoms. The van der Waals surface area contributed by atoms with E-state index in [1.165, 1.54) is 11.3 Å².